The van der Waals surface area contributed by atoms with Gasteiger partial charge in [0.25, 0.3) is 5.91 Å². The molecule has 1 aromatic rings. The Morgan fingerprint density at radius 2 is 1.45 bits per heavy atom. The number of nitrogens with zero attached hydrogens (tertiary/aromatic N) is 3. The summed E-state index contributed by atoms with van der Waals surface area (Å²) in [5, 5.41) is 2.89. The summed E-state index contributed by atoms with van der Waals surface area (Å²) < 4.78 is 12.1. The first-order valence-electron chi connectivity index (χ1n) is 18.6. The predicted molar refractivity (Wildman–Crippen MR) is 193 cm³/mol. The summed E-state index contributed by atoms with van der Waals surface area (Å²) >= 11 is 0. The van der Waals surface area contributed by atoms with Crippen LogP contribution in [0.3, 0.4) is 0 Å². The number of fused-ring (bicyclic) bond motifs is 1. The SMILES string of the molecule is CCCCC1OC(=O)C(C(C)C)N(C)C(=O)C2CCCN2C(=O)C(C(C)C)OC(=O)C(Cc2ccccc2)N(C)C(=O)C(C(C)C)NC(=O)C1C. The van der Waals surface area contributed by atoms with Gasteiger partial charge in [0.05, 0.1) is 5.92 Å². The molecule has 0 spiro atoms. The molecular weight excluding hydrogens is 652 g/mol. The number of carbonyl (C=O) groups is 6. The smallest absolute Gasteiger partial charge is 0.329 e. The van der Waals surface area contributed by atoms with Crippen LogP contribution in [-0.2, 0) is 44.7 Å². The molecule has 3 rings (SSSR count). The van der Waals surface area contributed by atoms with Gasteiger partial charge < -0.3 is 29.5 Å². The number of hydrogen-bond acceptors (Lipinski definition) is 8. The Bertz CT molecular complexity index is 1380. The molecule has 7 atom stereocenters. The molecule has 2 saturated heterocycles. The van der Waals surface area contributed by atoms with Gasteiger partial charge in [-0.25, -0.2) is 9.59 Å². The van der Waals surface area contributed by atoms with E-state index < -0.39 is 83.8 Å². The zero-order valence-electron chi connectivity index (χ0n) is 32.2. The molecule has 2 fully saturated rings. The van der Waals surface area contributed by atoms with E-state index in [4.69, 9.17) is 9.47 Å². The van der Waals surface area contributed by atoms with Crippen LogP contribution in [0.15, 0.2) is 30.3 Å². The lowest BCUT2D eigenvalue weighted by atomic mass is 9.95. The second-order valence-corrected chi connectivity index (χ2v) is 15.2. The van der Waals surface area contributed by atoms with E-state index in [-0.39, 0.29) is 24.8 Å². The monoisotopic (exact) mass is 712 g/mol. The Balaban J connectivity index is 2.16. The molecule has 12 nitrogen and oxygen atoms in total. The minimum Gasteiger partial charge on any atom is -0.460 e. The van der Waals surface area contributed by atoms with Crippen molar-refractivity contribution < 1.29 is 38.2 Å². The van der Waals surface area contributed by atoms with Gasteiger partial charge in [-0.3, -0.25) is 19.2 Å². The van der Waals surface area contributed by atoms with Crippen LogP contribution in [0, 0.1) is 23.7 Å². The van der Waals surface area contributed by atoms with Crippen molar-refractivity contribution in [2.45, 2.75) is 130 Å². The number of ether oxygens (including phenoxy) is 2. The summed E-state index contributed by atoms with van der Waals surface area (Å²) in [6, 6.07) is 5.21. The zero-order chi connectivity index (χ0) is 38.2. The van der Waals surface area contributed by atoms with E-state index in [2.05, 4.69) is 5.32 Å². The van der Waals surface area contributed by atoms with Crippen LogP contribution in [0.4, 0.5) is 0 Å². The fourth-order valence-electron chi connectivity index (χ4n) is 6.97. The number of rotatable bonds is 8. The number of esters is 2. The Morgan fingerprint density at radius 1 is 0.804 bits per heavy atom. The average Bonchev–Trinajstić information content (AvgIpc) is 3.58. The third-order valence-corrected chi connectivity index (χ3v) is 10.2. The Labute approximate surface area is 303 Å². The number of benzene rings is 1. The number of likely N-dealkylation sites (N-methyl/N-ethyl adjacent to an activating group) is 2. The topological polar surface area (TPSA) is 143 Å². The summed E-state index contributed by atoms with van der Waals surface area (Å²) in [4.78, 5) is 88.6. The minimum absolute atomic E-state index is 0.108. The molecule has 1 aromatic carbocycles. The van der Waals surface area contributed by atoms with Crippen LogP contribution in [0.5, 0.6) is 0 Å². The molecule has 51 heavy (non-hydrogen) atoms. The van der Waals surface area contributed by atoms with Crippen LogP contribution in [0.25, 0.3) is 0 Å². The van der Waals surface area contributed by atoms with Gasteiger partial charge in [-0.05, 0) is 42.6 Å². The molecule has 0 saturated carbocycles. The number of hydrogen-bond donors (Lipinski definition) is 1. The van der Waals surface area contributed by atoms with Gasteiger partial charge in [0.15, 0.2) is 6.10 Å². The molecule has 0 radical (unpaired) electrons. The van der Waals surface area contributed by atoms with Gasteiger partial charge in [0.2, 0.25) is 17.7 Å². The molecule has 7 unspecified atom stereocenters. The van der Waals surface area contributed by atoms with Crippen molar-refractivity contribution in [1.82, 2.24) is 20.0 Å². The summed E-state index contributed by atoms with van der Waals surface area (Å²) in [5.41, 5.74) is 0.775. The fourth-order valence-corrected chi connectivity index (χ4v) is 6.97. The summed E-state index contributed by atoms with van der Waals surface area (Å²) in [6.45, 7) is 14.7. The van der Waals surface area contributed by atoms with Crippen LogP contribution in [0.2, 0.25) is 0 Å². The van der Waals surface area contributed by atoms with Crippen molar-refractivity contribution in [1.29, 1.82) is 0 Å². The first kappa shape index (κ1) is 41.5. The molecule has 1 N–H and O–H groups in total. The second kappa shape index (κ2) is 18.5. The van der Waals surface area contributed by atoms with Gasteiger partial charge in [0, 0.05) is 27.1 Å². The molecule has 2 aliphatic rings. The van der Waals surface area contributed by atoms with Gasteiger partial charge in [-0.1, -0.05) is 98.6 Å². The van der Waals surface area contributed by atoms with E-state index >= 15 is 0 Å². The fraction of sp³-hybridized carbons (Fsp3) is 0.692. The molecule has 0 bridgehead atoms. The maximum absolute atomic E-state index is 14.2. The number of amides is 4. The lowest BCUT2D eigenvalue weighted by Crippen LogP contribution is -2.57. The quantitative estimate of drug-likeness (QED) is 0.399. The summed E-state index contributed by atoms with van der Waals surface area (Å²) in [5.74, 6) is -5.26. The van der Waals surface area contributed by atoms with E-state index in [1.807, 2.05) is 51.1 Å². The predicted octanol–water partition coefficient (Wildman–Crippen LogP) is 3.99. The molecule has 2 aliphatic heterocycles. The van der Waals surface area contributed by atoms with Gasteiger partial charge >= 0.3 is 11.9 Å². The van der Waals surface area contributed by atoms with Gasteiger partial charge in [-0.15, -0.1) is 0 Å². The number of unbranched alkanes of at least 4 members (excludes halogenated alkanes) is 1. The highest BCUT2D eigenvalue weighted by molar-refractivity contribution is 5.95. The largest absolute Gasteiger partial charge is 0.460 e. The van der Waals surface area contributed by atoms with Gasteiger partial charge in [0.1, 0.15) is 30.3 Å². The van der Waals surface area contributed by atoms with Crippen molar-refractivity contribution in [3.05, 3.63) is 35.9 Å². The van der Waals surface area contributed by atoms with E-state index in [0.717, 1.165) is 12.0 Å². The van der Waals surface area contributed by atoms with Crippen LogP contribution in [-0.4, -0.2) is 107 Å². The summed E-state index contributed by atoms with van der Waals surface area (Å²) in [7, 11) is 3.04. The molecule has 0 aromatic heterocycles. The molecule has 4 amide bonds. The third kappa shape index (κ3) is 10.1. The first-order chi connectivity index (χ1) is 24.0. The van der Waals surface area contributed by atoms with E-state index in [1.165, 1.54) is 28.8 Å². The molecule has 0 aliphatic carbocycles. The van der Waals surface area contributed by atoms with Crippen molar-refractivity contribution in [2.75, 3.05) is 20.6 Å². The first-order valence-corrected chi connectivity index (χ1v) is 18.6. The third-order valence-electron chi connectivity index (χ3n) is 10.2. The molecule has 2 heterocycles. The Kier molecular flexibility index (Phi) is 15.0. The number of nitrogens with one attached hydrogen (secondary N) is 1. The maximum Gasteiger partial charge on any atom is 0.329 e. The number of carbonyl (C=O) groups excluding carboxylic acids is 6. The Hall–Kier alpha value is -3.96. The van der Waals surface area contributed by atoms with E-state index in [0.29, 0.717) is 25.7 Å². The van der Waals surface area contributed by atoms with Crippen molar-refractivity contribution >= 4 is 35.6 Å². The molecular formula is C39H60N4O8. The van der Waals surface area contributed by atoms with Crippen molar-refractivity contribution in [2.24, 2.45) is 23.7 Å². The van der Waals surface area contributed by atoms with Crippen LogP contribution >= 0.6 is 0 Å². The van der Waals surface area contributed by atoms with Crippen LogP contribution in [0.1, 0.15) is 93.1 Å². The van der Waals surface area contributed by atoms with Gasteiger partial charge in [-0.2, -0.15) is 0 Å². The van der Waals surface area contributed by atoms with E-state index in [9.17, 15) is 28.8 Å². The zero-order valence-corrected chi connectivity index (χ0v) is 32.2. The van der Waals surface area contributed by atoms with Crippen LogP contribution < -0.4 is 5.32 Å². The average molecular weight is 713 g/mol. The normalized spacial score (nSPS) is 28.0. The highest BCUT2D eigenvalue weighted by Gasteiger charge is 2.45. The molecule has 12 heteroatoms. The summed E-state index contributed by atoms with van der Waals surface area (Å²) in [6.07, 6.45) is 0.896. The van der Waals surface area contributed by atoms with Crippen molar-refractivity contribution in [3.8, 4) is 0 Å². The Morgan fingerprint density at radius 3 is 2.02 bits per heavy atom. The van der Waals surface area contributed by atoms with Crippen molar-refractivity contribution in [3.63, 3.8) is 0 Å². The number of cyclic esters (lactones) is 2. The second-order valence-electron chi connectivity index (χ2n) is 15.2. The highest BCUT2D eigenvalue weighted by Crippen LogP contribution is 2.27. The lowest BCUT2D eigenvalue weighted by Gasteiger charge is -2.36. The van der Waals surface area contributed by atoms with E-state index in [1.54, 1.807) is 34.6 Å². The maximum atomic E-state index is 14.2. The lowest BCUT2D eigenvalue weighted by molar-refractivity contribution is -0.171. The minimum atomic E-state index is -1.23. The highest BCUT2D eigenvalue weighted by atomic mass is 16.6. The molecule has 284 valence electrons. The standard InChI is InChI=1S/C39H60N4O8/c1-11-12-20-30-26(8)34(44)40-31(23(2)3)36(46)41(9)29(22-27-17-14-13-15-18-27)38(48)51-33(25(6)7)37(47)43-21-16-19-28(43)35(45)42(10)32(24(4)5)39(49)50-30/h13-15,17-18,23-26,28-33H,11-12,16,19-22H2,1-10H3,(H,40,44).